The predicted octanol–water partition coefficient (Wildman–Crippen LogP) is 5.96. The van der Waals surface area contributed by atoms with Gasteiger partial charge in [-0.1, -0.05) is 50.8 Å². The highest BCUT2D eigenvalue weighted by Crippen LogP contribution is 2.38. The minimum absolute atomic E-state index is 0.240. The number of nitrogens with one attached hydrogen (secondary N) is 2. The molecule has 168 valence electrons. The van der Waals surface area contributed by atoms with Crippen LogP contribution in [0.3, 0.4) is 0 Å². The second kappa shape index (κ2) is 9.58. The molecule has 3 unspecified atom stereocenters. The van der Waals surface area contributed by atoms with Gasteiger partial charge in [0.05, 0.1) is 11.0 Å². The number of aromatic nitrogens is 2. The lowest BCUT2D eigenvalue weighted by Gasteiger charge is -2.37. The number of benzene rings is 1. The Labute approximate surface area is 187 Å². The third-order valence-electron chi connectivity index (χ3n) is 7.70. The molecule has 1 fully saturated rings. The Hall–Kier alpha value is -2.10. The number of hydrogen-bond acceptors (Lipinski definition) is 2. The number of nitrogens with zero attached hydrogens (tertiary/aromatic N) is 1. The van der Waals surface area contributed by atoms with Crippen LogP contribution in [0.2, 0.25) is 0 Å². The zero-order valence-electron chi connectivity index (χ0n) is 19.7. The fraction of sp³-hybridized carbons (Fsp3) is 0.630. The quantitative estimate of drug-likeness (QED) is 0.565. The molecule has 4 heteroatoms. The number of rotatable bonds is 6. The van der Waals surface area contributed by atoms with Crippen molar-refractivity contribution < 1.29 is 4.79 Å². The topological polar surface area (TPSA) is 57.8 Å². The van der Waals surface area contributed by atoms with Gasteiger partial charge in [0.2, 0.25) is 5.91 Å². The summed E-state index contributed by atoms with van der Waals surface area (Å²) < 4.78 is 0. The van der Waals surface area contributed by atoms with Crippen LogP contribution in [-0.2, 0) is 11.2 Å². The number of allylic oxidation sites excluding steroid dienone is 1. The third-order valence-corrected chi connectivity index (χ3v) is 7.70. The van der Waals surface area contributed by atoms with Crippen molar-refractivity contribution in [2.75, 3.05) is 6.54 Å². The summed E-state index contributed by atoms with van der Waals surface area (Å²) in [7, 11) is 0. The van der Waals surface area contributed by atoms with Crippen molar-refractivity contribution in [1.29, 1.82) is 0 Å². The summed E-state index contributed by atoms with van der Waals surface area (Å²) in [5.41, 5.74) is 4.90. The van der Waals surface area contributed by atoms with Gasteiger partial charge >= 0.3 is 0 Å². The van der Waals surface area contributed by atoms with Gasteiger partial charge in [0, 0.05) is 18.9 Å². The Morgan fingerprint density at radius 2 is 1.97 bits per heavy atom. The first-order valence-electron chi connectivity index (χ1n) is 12.3. The van der Waals surface area contributed by atoms with E-state index in [1.54, 1.807) is 0 Å². The molecular weight excluding hydrogens is 382 g/mol. The average Bonchev–Trinajstić information content (AvgIpc) is 3.15. The predicted molar refractivity (Wildman–Crippen MR) is 128 cm³/mol. The molecule has 4 nitrogen and oxygen atoms in total. The minimum atomic E-state index is 0.240. The van der Waals surface area contributed by atoms with E-state index in [0.717, 1.165) is 42.7 Å². The molecule has 1 aromatic carbocycles. The van der Waals surface area contributed by atoms with Gasteiger partial charge in [0.15, 0.2) is 0 Å². The molecule has 4 rings (SSSR count). The van der Waals surface area contributed by atoms with Crippen molar-refractivity contribution in [1.82, 2.24) is 15.3 Å². The van der Waals surface area contributed by atoms with Crippen molar-refractivity contribution in [3.05, 3.63) is 41.2 Å². The maximum absolute atomic E-state index is 12.7. The highest BCUT2D eigenvalue weighted by atomic mass is 16.1. The molecule has 1 heterocycles. The molecule has 2 aliphatic rings. The molecule has 0 aliphatic heterocycles. The molecular formula is C27H39N3O. The van der Waals surface area contributed by atoms with Crippen LogP contribution in [0, 0.1) is 36.5 Å². The third kappa shape index (κ3) is 5.22. The molecule has 1 aromatic heterocycles. The van der Waals surface area contributed by atoms with Crippen LogP contribution in [0.4, 0.5) is 0 Å². The van der Waals surface area contributed by atoms with Crippen LogP contribution in [0.15, 0.2) is 29.8 Å². The molecule has 1 saturated carbocycles. The summed E-state index contributed by atoms with van der Waals surface area (Å²) in [5, 5.41) is 3.31. The van der Waals surface area contributed by atoms with Crippen LogP contribution in [0.25, 0.3) is 11.0 Å². The Bertz CT molecular complexity index is 935. The number of aromatic amines is 1. The van der Waals surface area contributed by atoms with E-state index in [1.165, 1.54) is 36.8 Å². The second-order valence-corrected chi connectivity index (χ2v) is 10.4. The first-order valence-corrected chi connectivity index (χ1v) is 12.3. The zero-order valence-corrected chi connectivity index (χ0v) is 19.7. The van der Waals surface area contributed by atoms with Gasteiger partial charge in [0.25, 0.3) is 0 Å². The lowest BCUT2D eigenvalue weighted by Crippen LogP contribution is -2.39. The molecule has 2 N–H and O–H groups in total. The molecule has 2 aromatic rings. The minimum Gasteiger partial charge on any atom is -0.355 e. The van der Waals surface area contributed by atoms with Gasteiger partial charge < -0.3 is 10.3 Å². The smallest absolute Gasteiger partial charge is 0.223 e. The first-order chi connectivity index (χ1) is 14.9. The Morgan fingerprint density at radius 1 is 1.19 bits per heavy atom. The van der Waals surface area contributed by atoms with Crippen molar-refractivity contribution in [3.63, 3.8) is 0 Å². The normalized spacial score (nSPS) is 25.1. The summed E-state index contributed by atoms with van der Waals surface area (Å²) in [6.45, 7) is 9.83. The largest absolute Gasteiger partial charge is 0.355 e. The summed E-state index contributed by atoms with van der Waals surface area (Å²) in [4.78, 5) is 21.1. The second-order valence-electron chi connectivity index (χ2n) is 10.4. The van der Waals surface area contributed by atoms with E-state index in [4.69, 9.17) is 4.98 Å². The molecule has 0 bridgehead atoms. The number of carbonyl (C=O) groups is 1. The lowest BCUT2D eigenvalue weighted by molar-refractivity contribution is -0.126. The summed E-state index contributed by atoms with van der Waals surface area (Å²) >= 11 is 0. The fourth-order valence-corrected chi connectivity index (χ4v) is 5.74. The molecule has 2 aliphatic carbocycles. The number of amides is 1. The Balaban J connectivity index is 1.43. The number of carbonyl (C=O) groups excluding carboxylic acids is 1. The monoisotopic (exact) mass is 421 g/mol. The SMILES string of the molecule is CC1=CC(CNC(=O)C2CCCCC2)C(C(C)C)CC1Cc1nc2ccc(C)cc2[nH]1. The van der Waals surface area contributed by atoms with Crippen LogP contribution in [0.1, 0.15) is 70.7 Å². The van der Waals surface area contributed by atoms with Crippen molar-refractivity contribution in [2.45, 2.75) is 72.6 Å². The maximum atomic E-state index is 12.7. The standard InChI is InChI=1S/C27H39N3O/c1-17(2)23-14-21(15-26-29-24-11-10-18(3)12-25(24)30-26)19(4)13-22(23)16-28-27(31)20-8-6-5-7-9-20/h10-13,17,20-23H,5-9,14-16H2,1-4H3,(H,28,31)(H,29,30). The van der Waals surface area contributed by atoms with Crippen LogP contribution in [-0.4, -0.2) is 22.4 Å². The maximum Gasteiger partial charge on any atom is 0.223 e. The number of imidazole rings is 1. The van der Waals surface area contributed by atoms with Gasteiger partial charge in [0.1, 0.15) is 5.82 Å². The summed E-state index contributed by atoms with van der Waals surface area (Å²) in [6, 6.07) is 6.41. The van der Waals surface area contributed by atoms with E-state index in [-0.39, 0.29) is 11.8 Å². The molecule has 0 saturated heterocycles. The number of H-pyrrole nitrogens is 1. The van der Waals surface area contributed by atoms with Crippen molar-refractivity contribution in [3.8, 4) is 0 Å². The van der Waals surface area contributed by atoms with Gasteiger partial charge in [-0.05, 0) is 74.5 Å². The fourth-order valence-electron chi connectivity index (χ4n) is 5.74. The van der Waals surface area contributed by atoms with Gasteiger partial charge in [-0.15, -0.1) is 0 Å². The first kappa shape index (κ1) is 22.1. The number of hydrogen-bond donors (Lipinski definition) is 2. The van der Waals surface area contributed by atoms with Crippen molar-refractivity contribution in [2.24, 2.45) is 29.6 Å². The van der Waals surface area contributed by atoms with Crippen LogP contribution < -0.4 is 5.32 Å². The molecule has 0 radical (unpaired) electrons. The van der Waals surface area contributed by atoms with E-state index in [0.29, 0.717) is 23.7 Å². The van der Waals surface area contributed by atoms with E-state index in [2.05, 4.69) is 62.3 Å². The average molecular weight is 422 g/mol. The molecule has 0 spiro atoms. The van der Waals surface area contributed by atoms with E-state index >= 15 is 0 Å². The Morgan fingerprint density at radius 3 is 2.71 bits per heavy atom. The van der Waals surface area contributed by atoms with Crippen LogP contribution >= 0.6 is 0 Å². The lowest BCUT2D eigenvalue weighted by atomic mass is 9.69. The van der Waals surface area contributed by atoms with E-state index in [9.17, 15) is 4.79 Å². The van der Waals surface area contributed by atoms with E-state index in [1.807, 2.05) is 0 Å². The number of fused-ring (bicyclic) bond motifs is 1. The van der Waals surface area contributed by atoms with Gasteiger partial charge in [-0.25, -0.2) is 4.98 Å². The Kier molecular flexibility index (Phi) is 6.83. The molecule has 3 atom stereocenters. The molecule has 1 amide bonds. The molecule has 31 heavy (non-hydrogen) atoms. The number of aryl methyl sites for hydroxylation is 1. The van der Waals surface area contributed by atoms with Crippen molar-refractivity contribution >= 4 is 16.9 Å². The van der Waals surface area contributed by atoms with Crippen LogP contribution in [0.5, 0.6) is 0 Å². The van der Waals surface area contributed by atoms with E-state index < -0.39 is 0 Å². The van der Waals surface area contributed by atoms with Gasteiger partial charge in [-0.2, -0.15) is 0 Å². The highest BCUT2D eigenvalue weighted by molar-refractivity contribution is 5.78. The summed E-state index contributed by atoms with van der Waals surface area (Å²) in [6.07, 6.45) is 10.4. The zero-order chi connectivity index (χ0) is 22.0. The summed E-state index contributed by atoms with van der Waals surface area (Å²) in [5.74, 6) is 3.75. The van der Waals surface area contributed by atoms with Gasteiger partial charge in [-0.3, -0.25) is 4.79 Å². The highest BCUT2D eigenvalue weighted by Gasteiger charge is 2.33.